The zero-order valence-electron chi connectivity index (χ0n) is 18.5. The fourth-order valence-electron chi connectivity index (χ4n) is 3.59. The molecule has 176 valence electrons. The lowest BCUT2D eigenvalue weighted by atomic mass is 10.0. The molecule has 10 heteroatoms. The fraction of sp³-hybridized carbons (Fsp3) is 0.0800. The van der Waals surface area contributed by atoms with Gasteiger partial charge in [0.25, 0.3) is 17.5 Å². The van der Waals surface area contributed by atoms with E-state index in [1.165, 1.54) is 21.9 Å². The highest BCUT2D eigenvalue weighted by Crippen LogP contribution is 2.35. The minimum absolute atomic E-state index is 0.0141. The van der Waals surface area contributed by atoms with Gasteiger partial charge in [-0.3, -0.25) is 29.5 Å². The molecule has 4 rings (SSSR count). The van der Waals surface area contributed by atoms with Crippen molar-refractivity contribution in [2.45, 2.75) is 13.8 Å². The van der Waals surface area contributed by atoms with Gasteiger partial charge in [-0.15, -0.1) is 0 Å². The van der Waals surface area contributed by atoms with E-state index in [1.54, 1.807) is 42.5 Å². The molecule has 0 spiro atoms. The third-order valence-electron chi connectivity index (χ3n) is 5.58. The SMILES string of the molecule is Cc1ccc(N2C(=O)/C(=C/c3cc([N+](=O)[O-])c(Cl)cc3Cl)C(=O)N(c3ccccc3)C2=S)cc1C. The first-order valence-corrected chi connectivity index (χ1v) is 11.5. The molecule has 35 heavy (non-hydrogen) atoms. The van der Waals surface area contributed by atoms with Crippen LogP contribution in [0.2, 0.25) is 10.0 Å². The minimum atomic E-state index is -0.681. The number of nitro benzene ring substituents is 1. The van der Waals surface area contributed by atoms with Gasteiger partial charge in [0, 0.05) is 16.7 Å². The summed E-state index contributed by atoms with van der Waals surface area (Å²) in [6.45, 7) is 3.84. The number of thiocarbonyl (C=S) groups is 1. The largest absolute Gasteiger partial charge is 0.288 e. The predicted molar refractivity (Wildman–Crippen MR) is 141 cm³/mol. The molecule has 0 N–H and O–H groups in total. The number of nitrogens with zero attached hydrogens (tertiary/aromatic N) is 3. The minimum Gasteiger partial charge on any atom is -0.268 e. The molecule has 7 nitrogen and oxygen atoms in total. The first-order chi connectivity index (χ1) is 16.6. The number of para-hydroxylation sites is 1. The van der Waals surface area contributed by atoms with E-state index in [4.69, 9.17) is 35.4 Å². The van der Waals surface area contributed by atoms with Gasteiger partial charge in [-0.25, -0.2) is 0 Å². The molecule has 0 aromatic heterocycles. The van der Waals surface area contributed by atoms with Crippen LogP contribution in [0.1, 0.15) is 16.7 Å². The third-order valence-corrected chi connectivity index (χ3v) is 6.57. The Morgan fingerprint density at radius 1 is 0.857 bits per heavy atom. The number of carbonyl (C=O) groups is 2. The normalized spacial score (nSPS) is 15.2. The van der Waals surface area contributed by atoms with Gasteiger partial charge in [-0.1, -0.05) is 47.5 Å². The molecule has 0 bridgehead atoms. The number of amides is 2. The number of nitro groups is 1. The van der Waals surface area contributed by atoms with Gasteiger partial charge >= 0.3 is 0 Å². The molecule has 2 amide bonds. The monoisotopic (exact) mass is 525 g/mol. The van der Waals surface area contributed by atoms with Gasteiger partial charge in [0.15, 0.2) is 5.11 Å². The van der Waals surface area contributed by atoms with Crippen molar-refractivity contribution < 1.29 is 14.5 Å². The van der Waals surface area contributed by atoms with Crippen molar-refractivity contribution >= 4 is 75.5 Å². The van der Waals surface area contributed by atoms with E-state index in [9.17, 15) is 19.7 Å². The average molecular weight is 526 g/mol. The van der Waals surface area contributed by atoms with Crippen molar-refractivity contribution in [3.63, 3.8) is 0 Å². The van der Waals surface area contributed by atoms with Crippen LogP contribution in [0.25, 0.3) is 6.08 Å². The molecular formula is C25H17Cl2N3O4S. The van der Waals surface area contributed by atoms with Gasteiger partial charge in [0.1, 0.15) is 10.6 Å². The summed E-state index contributed by atoms with van der Waals surface area (Å²) < 4.78 is 0. The van der Waals surface area contributed by atoms with E-state index in [1.807, 2.05) is 19.9 Å². The van der Waals surface area contributed by atoms with Crippen molar-refractivity contribution in [1.29, 1.82) is 0 Å². The van der Waals surface area contributed by atoms with Gasteiger partial charge in [0.05, 0.1) is 16.3 Å². The third kappa shape index (κ3) is 4.55. The number of anilines is 2. The van der Waals surface area contributed by atoms with Crippen LogP contribution in [-0.4, -0.2) is 21.9 Å². The van der Waals surface area contributed by atoms with Gasteiger partial charge in [-0.05, 0) is 73.6 Å². The summed E-state index contributed by atoms with van der Waals surface area (Å²) in [5, 5.41) is 11.2. The van der Waals surface area contributed by atoms with Crippen LogP contribution in [0.4, 0.5) is 17.1 Å². The molecule has 0 atom stereocenters. The summed E-state index contributed by atoms with van der Waals surface area (Å²) in [6.07, 6.45) is 1.22. The molecule has 0 unspecified atom stereocenters. The Hall–Kier alpha value is -3.59. The summed E-state index contributed by atoms with van der Waals surface area (Å²) in [5.74, 6) is -1.36. The van der Waals surface area contributed by atoms with E-state index >= 15 is 0 Å². The molecule has 1 fully saturated rings. The van der Waals surface area contributed by atoms with Crippen molar-refractivity contribution in [1.82, 2.24) is 0 Å². The van der Waals surface area contributed by atoms with Crippen LogP contribution in [0.3, 0.4) is 0 Å². The Labute approximate surface area is 216 Å². The molecule has 3 aromatic rings. The Kier molecular flexibility index (Phi) is 6.71. The van der Waals surface area contributed by atoms with Crippen molar-refractivity contribution in [3.05, 3.63) is 103 Å². The zero-order valence-corrected chi connectivity index (χ0v) is 20.8. The first kappa shape index (κ1) is 24.5. The number of hydrogen-bond acceptors (Lipinski definition) is 5. The molecule has 0 aliphatic carbocycles. The highest BCUT2D eigenvalue weighted by molar-refractivity contribution is 7.81. The van der Waals surface area contributed by atoms with Gasteiger partial charge in [0.2, 0.25) is 0 Å². The molecule has 1 aliphatic heterocycles. The number of benzene rings is 3. The van der Waals surface area contributed by atoms with Crippen molar-refractivity contribution in [2.75, 3.05) is 9.80 Å². The van der Waals surface area contributed by atoms with Crippen molar-refractivity contribution in [3.8, 4) is 0 Å². The summed E-state index contributed by atoms with van der Waals surface area (Å²) in [6, 6.07) is 16.4. The van der Waals surface area contributed by atoms with E-state index in [0.29, 0.717) is 11.4 Å². The lowest BCUT2D eigenvalue weighted by Crippen LogP contribution is -2.57. The van der Waals surface area contributed by atoms with Crippen LogP contribution < -0.4 is 9.80 Å². The molecule has 1 heterocycles. The van der Waals surface area contributed by atoms with Crippen LogP contribution in [0.5, 0.6) is 0 Å². The van der Waals surface area contributed by atoms with E-state index in [-0.39, 0.29) is 26.3 Å². The second kappa shape index (κ2) is 9.58. The summed E-state index contributed by atoms with van der Waals surface area (Å²) in [4.78, 5) is 40.4. The lowest BCUT2D eigenvalue weighted by Gasteiger charge is -2.36. The van der Waals surface area contributed by atoms with E-state index in [2.05, 4.69) is 0 Å². The number of halogens is 2. The molecular weight excluding hydrogens is 509 g/mol. The van der Waals surface area contributed by atoms with Crippen LogP contribution in [0, 0.1) is 24.0 Å². The molecule has 0 saturated carbocycles. The van der Waals surface area contributed by atoms with Crippen LogP contribution in [0.15, 0.2) is 66.2 Å². The second-order valence-electron chi connectivity index (χ2n) is 7.81. The van der Waals surface area contributed by atoms with Crippen molar-refractivity contribution in [2.24, 2.45) is 0 Å². The topological polar surface area (TPSA) is 83.8 Å². The fourth-order valence-corrected chi connectivity index (χ4v) is 4.47. The van der Waals surface area contributed by atoms with Crippen LogP contribution >= 0.6 is 35.4 Å². The maximum atomic E-state index is 13.6. The average Bonchev–Trinajstić information content (AvgIpc) is 2.80. The zero-order chi connectivity index (χ0) is 25.4. The summed E-state index contributed by atoms with van der Waals surface area (Å²) in [7, 11) is 0. The standard InChI is InChI=1S/C25H17Cl2N3O4S/c1-14-8-9-18(10-15(14)2)29-24(32)19(11-16-12-22(30(33)34)21(27)13-20(16)26)23(31)28(25(29)35)17-6-4-3-5-7-17/h3-13H,1-2H3/b19-11+. The van der Waals surface area contributed by atoms with Gasteiger partial charge < -0.3 is 0 Å². The van der Waals surface area contributed by atoms with E-state index < -0.39 is 22.4 Å². The second-order valence-corrected chi connectivity index (χ2v) is 8.99. The molecule has 0 radical (unpaired) electrons. The highest BCUT2D eigenvalue weighted by atomic mass is 35.5. The summed E-state index contributed by atoms with van der Waals surface area (Å²) in [5.41, 5.74) is 2.33. The summed E-state index contributed by atoms with van der Waals surface area (Å²) >= 11 is 17.8. The number of rotatable bonds is 4. The number of hydrogen-bond donors (Lipinski definition) is 0. The molecule has 1 aliphatic rings. The van der Waals surface area contributed by atoms with Gasteiger partial charge in [-0.2, -0.15) is 0 Å². The quantitative estimate of drug-likeness (QED) is 0.132. The predicted octanol–water partition coefficient (Wildman–Crippen LogP) is 6.27. The Morgan fingerprint density at radius 3 is 2.09 bits per heavy atom. The highest BCUT2D eigenvalue weighted by Gasteiger charge is 2.41. The molecule has 1 saturated heterocycles. The molecule has 3 aromatic carbocycles. The maximum absolute atomic E-state index is 13.6. The number of aryl methyl sites for hydroxylation is 2. The Morgan fingerprint density at radius 2 is 1.49 bits per heavy atom. The number of carbonyl (C=O) groups excluding carboxylic acids is 2. The van der Waals surface area contributed by atoms with E-state index in [0.717, 1.165) is 17.2 Å². The Balaban J connectivity index is 1.92. The smallest absolute Gasteiger partial charge is 0.268 e. The maximum Gasteiger partial charge on any atom is 0.288 e. The lowest BCUT2D eigenvalue weighted by molar-refractivity contribution is -0.384. The Bertz CT molecular complexity index is 1440. The first-order valence-electron chi connectivity index (χ1n) is 10.3. The van der Waals surface area contributed by atoms with Crippen LogP contribution in [-0.2, 0) is 9.59 Å².